The van der Waals surface area contributed by atoms with Gasteiger partial charge in [0, 0.05) is 24.5 Å². The van der Waals surface area contributed by atoms with Gasteiger partial charge in [0.25, 0.3) is 0 Å². The van der Waals surface area contributed by atoms with Gasteiger partial charge in [0.1, 0.15) is 11.6 Å². The molecule has 0 radical (unpaired) electrons. The Morgan fingerprint density at radius 1 is 1.18 bits per heavy atom. The fraction of sp³-hybridized carbons (Fsp3) is 0.160. The second-order valence-corrected chi connectivity index (χ2v) is 8.41. The first-order valence-electron chi connectivity index (χ1n) is 10.4. The first kappa shape index (κ1) is 22.6. The number of aliphatic hydroxyl groups is 1. The van der Waals surface area contributed by atoms with Gasteiger partial charge in [-0.1, -0.05) is 24.3 Å². The van der Waals surface area contributed by atoms with E-state index in [-0.39, 0.29) is 12.4 Å². The summed E-state index contributed by atoms with van der Waals surface area (Å²) in [5, 5.41) is 14.9. The number of nitrogens with two attached hydrogens (primary N) is 1. The van der Waals surface area contributed by atoms with Crippen molar-refractivity contribution in [1.29, 1.82) is 0 Å². The Bertz CT molecular complexity index is 1250. The number of nitrogens with zero attached hydrogens (tertiary/aromatic N) is 2. The minimum atomic E-state index is -0.738. The smallest absolute Gasteiger partial charge is 0.229 e. The molecule has 1 unspecified atom stereocenters. The van der Waals surface area contributed by atoms with Crippen LogP contribution in [0.1, 0.15) is 28.2 Å². The van der Waals surface area contributed by atoms with Crippen LogP contribution in [0.2, 0.25) is 0 Å². The van der Waals surface area contributed by atoms with Crippen molar-refractivity contribution in [3.63, 3.8) is 0 Å². The summed E-state index contributed by atoms with van der Waals surface area (Å²) in [4.78, 5) is 22.2. The van der Waals surface area contributed by atoms with Crippen molar-refractivity contribution in [2.75, 3.05) is 11.9 Å². The maximum atomic E-state index is 13.5. The summed E-state index contributed by atoms with van der Waals surface area (Å²) in [5.74, 6) is -1.03. The highest BCUT2D eigenvalue weighted by Gasteiger charge is 2.25. The average molecular weight is 463 g/mol. The Hall–Kier alpha value is -3.62. The van der Waals surface area contributed by atoms with Crippen LogP contribution in [-0.2, 0) is 17.8 Å². The van der Waals surface area contributed by atoms with Gasteiger partial charge >= 0.3 is 0 Å². The van der Waals surface area contributed by atoms with Crippen molar-refractivity contribution in [3.05, 3.63) is 100 Å². The number of hydrogen-bond donors (Lipinski definition) is 3. The summed E-state index contributed by atoms with van der Waals surface area (Å²) in [6.45, 7) is 0.382. The molecule has 4 rings (SSSR count). The topological polar surface area (TPSA) is 101 Å². The van der Waals surface area contributed by atoms with Crippen molar-refractivity contribution < 1.29 is 14.3 Å². The van der Waals surface area contributed by atoms with Crippen molar-refractivity contribution in [2.24, 2.45) is 5.73 Å². The SMILES string of the molecule is NC(=O)C(c1cccnc1)c1ccc(-c2sccc2CO)nc1NCCc1cccc(F)c1. The van der Waals surface area contributed by atoms with E-state index in [2.05, 4.69) is 10.3 Å². The molecular weight excluding hydrogens is 439 g/mol. The Kier molecular flexibility index (Phi) is 7.07. The fourth-order valence-electron chi connectivity index (χ4n) is 3.72. The Morgan fingerprint density at radius 2 is 2.06 bits per heavy atom. The monoisotopic (exact) mass is 462 g/mol. The first-order valence-corrected chi connectivity index (χ1v) is 11.3. The molecule has 0 saturated carbocycles. The summed E-state index contributed by atoms with van der Waals surface area (Å²) < 4.78 is 13.5. The van der Waals surface area contributed by atoms with Crippen LogP contribution >= 0.6 is 11.3 Å². The zero-order chi connectivity index (χ0) is 23.2. The summed E-state index contributed by atoms with van der Waals surface area (Å²) in [7, 11) is 0. The quantitative estimate of drug-likeness (QED) is 0.348. The van der Waals surface area contributed by atoms with Crippen LogP contribution in [0, 0.1) is 5.82 Å². The van der Waals surface area contributed by atoms with Crippen LogP contribution in [0.15, 0.2) is 72.4 Å². The summed E-state index contributed by atoms with van der Waals surface area (Å²) >= 11 is 1.48. The number of carbonyl (C=O) groups is 1. The molecule has 33 heavy (non-hydrogen) atoms. The summed E-state index contributed by atoms with van der Waals surface area (Å²) in [5.41, 5.74) is 9.39. The minimum Gasteiger partial charge on any atom is -0.392 e. The number of aliphatic hydroxyl groups excluding tert-OH is 1. The molecule has 4 aromatic rings. The Balaban J connectivity index is 1.70. The van der Waals surface area contributed by atoms with E-state index in [1.807, 2.05) is 29.6 Å². The maximum Gasteiger partial charge on any atom is 0.229 e. The number of primary amides is 1. The molecular formula is C25H23FN4O2S. The highest BCUT2D eigenvalue weighted by Crippen LogP contribution is 2.34. The summed E-state index contributed by atoms with van der Waals surface area (Å²) in [6.07, 6.45) is 3.81. The van der Waals surface area contributed by atoms with Gasteiger partial charge in [0.2, 0.25) is 5.91 Å². The van der Waals surface area contributed by atoms with Crippen molar-refractivity contribution in [2.45, 2.75) is 18.9 Å². The predicted octanol–water partition coefficient (Wildman–Crippen LogP) is 4.11. The van der Waals surface area contributed by atoms with E-state index in [0.29, 0.717) is 35.6 Å². The van der Waals surface area contributed by atoms with E-state index in [9.17, 15) is 14.3 Å². The highest BCUT2D eigenvalue weighted by atomic mass is 32.1. The van der Waals surface area contributed by atoms with Crippen molar-refractivity contribution >= 4 is 23.1 Å². The molecule has 1 aromatic carbocycles. The van der Waals surface area contributed by atoms with Crippen LogP contribution in [0.25, 0.3) is 10.6 Å². The number of pyridine rings is 2. The predicted molar refractivity (Wildman–Crippen MR) is 127 cm³/mol. The van der Waals surface area contributed by atoms with Crippen molar-refractivity contribution in [3.8, 4) is 10.6 Å². The van der Waals surface area contributed by atoms with Crippen LogP contribution in [-0.4, -0.2) is 27.5 Å². The first-order chi connectivity index (χ1) is 16.1. The number of amides is 1. The number of thiophene rings is 1. The molecule has 6 nitrogen and oxygen atoms in total. The van der Waals surface area contributed by atoms with E-state index in [0.717, 1.165) is 16.0 Å². The van der Waals surface area contributed by atoms with Crippen molar-refractivity contribution in [1.82, 2.24) is 9.97 Å². The normalized spacial score (nSPS) is 11.8. The van der Waals surface area contributed by atoms with E-state index in [1.54, 1.807) is 30.6 Å². The number of rotatable bonds is 9. The number of nitrogens with one attached hydrogen (secondary N) is 1. The fourth-order valence-corrected chi connectivity index (χ4v) is 4.60. The van der Waals surface area contributed by atoms with E-state index in [4.69, 9.17) is 10.7 Å². The Labute approximate surface area is 195 Å². The molecule has 168 valence electrons. The largest absolute Gasteiger partial charge is 0.392 e. The van der Waals surface area contributed by atoms with Gasteiger partial charge in [0.05, 0.1) is 23.1 Å². The number of halogens is 1. The Morgan fingerprint density at radius 3 is 2.79 bits per heavy atom. The molecule has 0 aliphatic rings. The lowest BCUT2D eigenvalue weighted by Crippen LogP contribution is -2.24. The number of anilines is 1. The van der Waals surface area contributed by atoms with Gasteiger partial charge in [-0.15, -0.1) is 11.3 Å². The van der Waals surface area contributed by atoms with Gasteiger partial charge in [-0.3, -0.25) is 9.78 Å². The van der Waals surface area contributed by atoms with Gasteiger partial charge < -0.3 is 16.2 Å². The number of aromatic nitrogens is 2. The third-order valence-corrected chi connectivity index (χ3v) is 6.26. The molecule has 0 bridgehead atoms. The lowest BCUT2D eigenvalue weighted by molar-refractivity contribution is -0.118. The van der Waals surface area contributed by atoms with Gasteiger partial charge in [-0.05, 0) is 58.8 Å². The lowest BCUT2D eigenvalue weighted by Gasteiger charge is -2.19. The van der Waals surface area contributed by atoms with Crippen LogP contribution in [0.5, 0.6) is 0 Å². The minimum absolute atomic E-state index is 0.0931. The molecule has 0 fully saturated rings. The molecule has 0 aliphatic heterocycles. The zero-order valence-electron chi connectivity index (χ0n) is 17.7. The number of hydrogen-bond acceptors (Lipinski definition) is 6. The third kappa shape index (κ3) is 5.24. The average Bonchev–Trinajstić information content (AvgIpc) is 3.30. The van der Waals surface area contributed by atoms with Gasteiger partial charge in [0.15, 0.2) is 0 Å². The third-order valence-electron chi connectivity index (χ3n) is 5.28. The molecule has 0 spiro atoms. The van der Waals surface area contributed by atoms with Crippen LogP contribution in [0.3, 0.4) is 0 Å². The standard InChI is InChI=1S/C25H23FN4O2S/c26-19-5-1-3-16(13-19)8-11-29-25-20(22(24(27)32)17-4-2-10-28-14-17)6-7-21(30-25)23-18(15-31)9-12-33-23/h1-7,9-10,12-14,22,31H,8,11,15H2,(H2,27,32)(H,29,30). The molecule has 8 heteroatoms. The van der Waals surface area contributed by atoms with E-state index in [1.165, 1.54) is 23.5 Å². The molecule has 3 aromatic heterocycles. The van der Waals surface area contributed by atoms with Crippen LogP contribution < -0.4 is 11.1 Å². The number of benzene rings is 1. The second-order valence-electron chi connectivity index (χ2n) is 7.50. The van der Waals surface area contributed by atoms with Gasteiger partial charge in [-0.25, -0.2) is 9.37 Å². The molecule has 1 amide bonds. The van der Waals surface area contributed by atoms with E-state index < -0.39 is 11.8 Å². The zero-order valence-corrected chi connectivity index (χ0v) is 18.6. The molecule has 0 saturated heterocycles. The second kappa shape index (κ2) is 10.3. The lowest BCUT2D eigenvalue weighted by atomic mass is 9.91. The number of carbonyl (C=O) groups excluding carboxylic acids is 1. The molecule has 0 aliphatic carbocycles. The molecule has 3 heterocycles. The summed E-state index contributed by atoms with van der Waals surface area (Å²) in [6, 6.07) is 15.5. The maximum absolute atomic E-state index is 13.5. The molecule has 4 N–H and O–H groups in total. The van der Waals surface area contributed by atoms with Gasteiger partial charge in [-0.2, -0.15) is 0 Å². The van der Waals surface area contributed by atoms with Crippen LogP contribution in [0.4, 0.5) is 10.2 Å². The van der Waals surface area contributed by atoms with E-state index >= 15 is 0 Å². The molecule has 1 atom stereocenters. The highest BCUT2D eigenvalue weighted by molar-refractivity contribution is 7.13.